The van der Waals surface area contributed by atoms with Gasteiger partial charge in [0.25, 0.3) is 0 Å². The third-order valence-corrected chi connectivity index (χ3v) is 9.52. The number of rotatable bonds is 10. The van der Waals surface area contributed by atoms with Gasteiger partial charge < -0.3 is 0 Å². The summed E-state index contributed by atoms with van der Waals surface area (Å²) in [6.45, 7) is 15.6. The topological polar surface area (TPSA) is 37.4 Å². The second-order valence-corrected chi connectivity index (χ2v) is 12.8. The van der Waals surface area contributed by atoms with Gasteiger partial charge in [-0.1, -0.05) is 95.8 Å². The van der Waals surface area contributed by atoms with Gasteiger partial charge in [-0.2, -0.15) is 4.31 Å². The van der Waals surface area contributed by atoms with E-state index in [4.69, 9.17) is 0 Å². The van der Waals surface area contributed by atoms with Gasteiger partial charge in [0.2, 0.25) is 10.0 Å². The molecule has 1 aliphatic heterocycles. The van der Waals surface area contributed by atoms with Gasteiger partial charge in [0.15, 0.2) is 0 Å². The van der Waals surface area contributed by atoms with Crippen molar-refractivity contribution in [2.24, 2.45) is 0 Å². The predicted molar refractivity (Wildman–Crippen MR) is 132 cm³/mol. The van der Waals surface area contributed by atoms with Crippen LogP contribution >= 0.6 is 15.9 Å². The van der Waals surface area contributed by atoms with E-state index < -0.39 is 10.0 Å². The number of benzene rings is 1. The third kappa shape index (κ3) is 5.69. The third-order valence-electron chi connectivity index (χ3n) is 6.40. The first-order chi connectivity index (χ1) is 14.0. The van der Waals surface area contributed by atoms with Crippen molar-refractivity contribution in [2.45, 2.75) is 121 Å². The Balaban J connectivity index is 2.54. The van der Waals surface area contributed by atoms with Gasteiger partial charge in [0.05, 0.1) is 4.90 Å². The van der Waals surface area contributed by atoms with E-state index in [0.717, 1.165) is 36.8 Å². The molecule has 5 heteroatoms. The van der Waals surface area contributed by atoms with E-state index in [9.17, 15) is 8.42 Å². The fraction of sp³-hybridized carbons (Fsp3) is 0.760. The molecule has 1 aromatic rings. The summed E-state index contributed by atoms with van der Waals surface area (Å²) in [5.74, 6) is 0.703. The van der Waals surface area contributed by atoms with Crippen molar-refractivity contribution in [3.8, 4) is 0 Å². The molecule has 2 atom stereocenters. The summed E-state index contributed by atoms with van der Waals surface area (Å²) in [5, 5.41) is 0. The van der Waals surface area contributed by atoms with Crippen LogP contribution in [0.5, 0.6) is 0 Å². The highest BCUT2D eigenvalue weighted by molar-refractivity contribution is 9.09. The molecule has 1 heterocycles. The monoisotopic (exact) mass is 499 g/mol. The van der Waals surface area contributed by atoms with Crippen molar-refractivity contribution in [1.29, 1.82) is 0 Å². The fourth-order valence-corrected chi connectivity index (χ4v) is 7.94. The van der Waals surface area contributed by atoms with Crippen LogP contribution in [0.1, 0.15) is 121 Å². The lowest BCUT2D eigenvalue weighted by Gasteiger charge is -2.31. The van der Waals surface area contributed by atoms with Crippen LogP contribution in [-0.4, -0.2) is 30.1 Å². The first kappa shape index (κ1) is 25.9. The molecule has 0 spiro atoms. The molecule has 0 bridgehead atoms. The van der Waals surface area contributed by atoms with Crippen LogP contribution < -0.4 is 0 Å². The van der Waals surface area contributed by atoms with Crippen molar-refractivity contribution in [3.63, 3.8) is 0 Å². The Labute approximate surface area is 194 Å². The number of halogens is 1. The Kier molecular flexibility index (Phi) is 9.45. The summed E-state index contributed by atoms with van der Waals surface area (Å²) in [7, 11) is -3.55. The zero-order valence-electron chi connectivity index (χ0n) is 20.0. The van der Waals surface area contributed by atoms with Crippen LogP contribution in [0.25, 0.3) is 0 Å². The van der Waals surface area contributed by atoms with Gasteiger partial charge in [0.1, 0.15) is 0 Å². The van der Waals surface area contributed by atoms with Crippen LogP contribution in [0.2, 0.25) is 0 Å². The second-order valence-electron chi connectivity index (χ2n) is 9.83. The maximum Gasteiger partial charge on any atom is 0.243 e. The molecule has 2 rings (SSSR count). The molecule has 0 aliphatic carbocycles. The quantitative estimate of drug-likeness (QED) is 0.246. The summed E-state index contributed by atoms with van der Waals surface area (Å²) in [6, 6.07) is 4.34. The fourth-order valence-electron chi connectivity index (χ4n) is 4.51. The first-order valence-electron chi connectivity index (χ1n) is 11.9. The Morgan fingerprint density at radius 2 is 1.57 bits per heavy atom. The number of hydrogen-bond acceptors (Lipinski definition) is 2. The van der Waals surface area contributed by atoms with E-state index in [2.05, 4.69) is 76.5 Å². The van der Waals surface area contributed by atoms with E-state index >= 15 is 0 Å². The Bertz CT molecular complexity index is 772. The minimum Gasteiger partial charge on any atom is -0.207 e. The zero-order valence-corrected chi connectivity index (χ0v) is 22.4. The molecule has 1 aliphatic rings. The Morgan fingerprint density at radius 1 is 1.00 bits per heavy atom. The molecule has 1 aromatic carbocycles. The van der Waals surface area contributed by atoms with Crippen LogP contribution in [-0.2, 0) is 10.0 Å². The first-order valence-corrected chi connectivity index (χ1v) is 14.2. The summed E-state index contributed by atoms with van der Waals surface area (Å²) in [4.78, 5) is 0.804. The smallest absolute Gasteiger partial charge is 0.207 e. The molecule has 0 saturated carbocycles. The van der Waals surface area contributed by atoms with Crippen molar-refractivity contribution in [2.75, 3.05) is 6.54 Å². The van der Waals surface area contributed by atoms with Crippen LogP contribution in [0.4, 0.5) is 0 Å². The van der Waals surface area contributed by atoms with Gasteiger partial charge in [-0.25, -0.2) is 8.42 Å². The highest BCUT2D eigenvalue weighted by Crippen LogP contribution is 2.40. The second kappa shape index (κ2) is 11.0. The molecular formula is C25H42BrNO2S. The predicted octanol–water partition coefficient (Wildman–Crippen LogP) is 7.55. The maximum absolute atomic E-state index is 14.1. The molecule has 0 amide bonds. The van der Waals surface area contributed by atoms with E-state index in [0.29, 0.717) is 17.4 Å². The number of alkyl halides is 1. The summed E-state index contributed by atoms with van der Waals surface area (Å²) < 4.78 is 30.1. The minimum absolute atomic E-state index is 0.0525. The molecular weight excluding hydrogens is 458 g/mol. The largest absolute Gasteiger partial charge is 0.243 e. The van der Waals surface area contributed by atoms with Crippen molar-refractivity contribution in [3.05, 3.63) is 28.8 Å². The molecule has 0 N–H and O–H groups in total. The maximum atomic E-state index is 14.1. The van der Waals surface area contributed by atoms with Crippen LogP contribution in [0.15, 0.2) is 17.0 Å². The van der Waals surface area contributed by atoms with Crippen LogP contribution in [0.3, 0.4) is 0 Å². The lowest BCUT2D eigenvalue weighted by atomic mass is 9.89. The number of hydrogen-bond donors (Lipinski definition) is 0. The average molecular weight is 501 g/mol. The molecule has 0 radical (unpaired) electrons. The zero-order chi connectivity index (χ0) is 22.6. The molecule has 1 saturated heterocycles. The van der Waals surface area contributed by atoms with E-state index in [-0.39, 0.29) is 22.7 Å². The van der Waals surface area contributed by atoms with E-state index in [1.165, 1.54) is 18.4 Å². The summed E-state index contributed by atoms with van der Waals surface area (Å²) in [6.07, 6.45) is 6.45. The van der Waals surface area contributed by atoms with Crippen molar-refractivity contribution < 1.29 is 8.42 Å². The highest BCUT2D eigenvalue weighted by Gasteiger charge is 2.41. The van der Waals surface area contributed by atoms with Gasteiger partial charge in [-0.3, -0.25) is 0 Å². The van der Waals surface area contributed by atoms with Gasteiger partial charge >= 0.3 is 0 Å². The minimum atomic E-state index is -3.55. The number of unbranched alkanes of at least 4 members (excludes halogenated alkanes) is 2. The molecule has 1 unspecified atom stereocenters. The van der Waals surface area contributed by atoms with Crippen molar-refractivity contribution in [1.82, 2.24) is 4.31 Å². The molecule has 1 fully saturated rings. The normalized spacial score (nSPS) is 19.4. The summed E-state index contributed by atoms with van der Waals surface area (Å²) in [5.41, 5.74) is 3.19. The lowest BCUT2D eigenvalue weighted by molar-refractivity contribution is 0.369. The van der Waals surface area contributed by atoms with E-state index in [1.807, 2.05) is 4.31 Å². The number of sulfonamides is 1. The Hall–Kier alpha value is -0.390. The van der Waals surface area contributed by atoms with Gasteiger partial charge in [-0.05, 0) is 53.7 Å². The van der Waals surface area contributed by atoms with Gasteiger partial charge in [0, 0.05) is 17.4 Å². The van der Waals surface area contributed by atoms with Crippen LogP contribution in [0, 0.1) is 0 Å². The van der Waals surface area contributed by atoms with Gasteiger partial charge in [-0.15, -0.1) is 0 Å². The average Bonchev–Trinajstić information content (AvgIpc) is 3.17. The molecule has 172 valence electrons. The van der Waals surface area contributed by atoms with E-state index in [1.54, 1.807) is 0 Å². The molecule has 30 heavy (non-hydrogen) atoms. The highest BCUT2D eigenvalue weighted by atomic mass is 79.9. The van der Waals surface area contributed by atoms with Crippen molar-refractivity contribution >= 4 is 26.0 Å². The standard InChI is InChI=1S/C25H42BrNO2S/c1-8-9-10-12-23(26)24-13-11-14-27(24)30(28,29)25-21(18(4)5)15-20(17(2)3)16-22(25)19(6)7/h15-19,23-24H,8-14H2,1-7H3/t23-,24?/m1/s1. The SMILES string of the molecule is CCCCC[C@@H](Br)C1CCCN1S(=O)(=O)c1c(C(C)C)cc(C(C)C)cc1C(C)C. The molecule has 3 nitrogen and oxygen atoms in total. The Morgan fingerprint density at radius 3 is 2.03 bits per heavy atom. The number of nitrogens with zero attached hydrogens (tertiary/aromatic N) is 1. The summed E-state index contributed by atoms with van der Waals surface area (Å²) >= 11 is 3.86. The lowest BCUT2D eigenvalue weighted by Crippen LogP contribution is -2.41. The molecule has 0 aromatic heterocycles.